The van der Waals surface area contributed by atoms with E-state index in [2.05, 4.69) is 52.9 Å². The van der Waals surface area contributed by atoms with Crippen LogP contribution in [0.3, 0.4) is 0 Å². The molecule has 0 N–H and O–H groups in total. The summed E-state index contributed by atoms with van der Waals surface area (Å²) in [5.74, 6) is 1.83. The number of ether oxygens (including phenoxy) is 1. The first kappa shape index (κ1) is 24.7. The zero-order valence-corrected chi connectivity index (χ0v) is 21.1. The van der Waals surface area contributed by atoms with E-state index in [0.717, 1.165) is 28.6 Å². The van der Waals surface area contributed by atoms with Gasteiger partial charge in [0.05, 0.1) is 18.1 Å². The summed E-state index contributed by atoms with van der Waals surface area (Å²) in [6.45, 7) is 6.61. The molecule has 1 aliphatic rings. The van der Waals surface area contributed by atoms with Crippen molar-refractivity contribution in [2.24, 2.45) is 5.92 Å². The van der Waals surface area contributed by atoms with Gasteiger partial charge in [0.1, 0.15) is 0 Å². The topological polar surface area (TPSA) is 77.3 Å². The number of nitrogens with zero attached hydrogens (tertiary/aromatic N) is 4. The molecule has 2 aromatic carbocycles. The summed E-state index contributed by atoms with van der Waals surface area (Å²) in [4.78, 5) is 0.269. The second-order valence-electron chi connectivity index (χ2n) is 8.48. The van der Waals surface area contributed by atoms with Crippen LogP contribution in [-0.4, -0.2) is 59.5 Å². The molecule has 3 aromatic rings. The molecule has 1 aliphatic heterocycles. The Bertz CT molecular complexity index is 1220. The van der Waals surface area contributed by atoms with Crippen molar-refractivity contribution in [1.29, 1.82) is 0 Å². The monoisotopic (exact) mass is 498 g/mol. The van der Waals surface area contributed by atoms with Crippen LogP contribution in [0.1, 0.15) is 19.4 Å². The highest BCUT2D eigenvalue weighted by atomic mass is 32.2. The van der Waals surface area contributed by atoms with Crippen LogP contribution in [0.25, 0.3) is 17.5 Å². The molecule has 4 rings (SSSR count). The van der Waals surface area contributed by atoms with Crippen LogP contribution in [-0.2, 0) is 21.3 Å². The number of thioether (sulfide) groups is 1. The molecule has 1 saturated heterocycles. The molecule has 2 heterocycles. The molecule has 0 aliphatic carbocycles. The largest absolute Gasteiger partial charge is 0.379 e. The normalized spacial score (nSPS) is 15.4. The van der Waals surface area contributed by atoms with Gasteiger partial charge in [-0.25, -0.2) is 8.42 Å². The van der Waals surface area contributed by atoms with Crippen LogP contribution in [0.5, 0.6) is 0 Å². The lowest BCUT2D eigenvalue weighted by Gasteiger charge is -2.26. The first-order valence-electron chi connectivity index (χ1n) is 11.4. The highest BCUT2D eigenvalue weighted by Crippen LogP contribution is 2.28. The Kier molecular flexibility index (Phi) is 8.20. The summed E-state index contributed by atoms with van der Waals surface area (Å²) in [7, 11) is -3.58. The molecular weight excluding hydrogens is 468 g/mol. The van der Waals surface area contributed by atoms with Gasteiger partial charge in [-0.15, -0.1) is 10.2 Å². The summed E-state index contributed by atoms with van der Waals surface area (Å²) in [5.41, 5.74) is 1.90. The Morgan fingerprint density at radius 3 is 2.56 bits per heavy atom. The fraction of sp³-hybridized carbons (Fsp3) is 0.360. The van der Waals surface area contributed by atoms with Gasteiger partial charge in [0.2, 0.25) is 10.0 Å². The predicted molar refractivity (Wildman–Crippen MR) is 136 cm³/mol. The van der Waals surface area contributed by atoms with E-state index < -0.39 is 10.0 Å². The first-order chi connectivity index (χ1) is 16.4. The van der Waals surface area contributed by atoms with Crippen LogP contribution >= 0.6 is 11.8 Å². The van der Waals surface area contributed by atoms with E-state index in [1.54, 1.807) is 30.0 Å². The minimum Gasteiger partial charge on any atom is -0.379 e. The molecular formula is C25H30N4O3S2. The van der Waals surface area contributed by atoms with E-state index in [-0.39, 0.29) is 4.90 Å². The lowest BCUT2D eigenvalue weighted by atomic mass is 10.2. The number of hydrogen-bond donors (Lipinski definition) is 0. The van der Waals surface area contributed by atoms with E-state index >= 15 is 0 Å². The summed E-state index contributed by atoms with van der Waals surface area (Å²) in [6, 6.07) is 17.2. The third-order valence-electron chi connectivity index (χ3n) is 5.38. The molecule has 180 valence electrons. The molecule has 0 atom stereocenters. The smallest absolute Gasteiger partial charge is 0.243 e. The van der Waals surface area contributed by atoms with E-state index in [1.807, 2.05) is 24.3 Å². The van der Waals surface area contributed by atoms with E-state index in [9.17, 15) is 8.42 Å². The van der Waals surface area contributed by atoms with Crippen LogP contribution in [0.2, 0.25) is 0 Å². The molecule has 0 unspecified atom stereocenters. The second-order valence-corrected chi connectivity index (χ2v) is 11.4. The maximum Gasteiger partial charge on any atom is 0.243 e. The zero-order valence-electron chi connectivity index (χ0n) is 19.5. The first-order valence-corrected chi connectivity index (χ1v) is 13.8. The summed E-state index contributed by atoms with van der Waals surface area (Å²) < 4.78 is 35.2. The number of morpholine rings is 1. The van der Waals surface area contributed by atoms with Gasteiger partial charge in [-0.2, -0.15) is 4.31 Å². The predicted octanol–water partition coefficient (Wildman–Crippen LogP) is 4.43. The third kappa shape index (κ3) is 5.96. The minimum atomic E-state index is -3.58. The number of sulfonamides is 1. The van der Waals surface area contributed by atoms with Gasteiger partial charge in [0.15, 0.2) is 11.0 Å². The highest BCUT2D eigenvalue weighted by Gasteiger charge is 2.27. The Labute approximate surface area is 205 Å². The van der Waals surface area contributed by atoms with Crippen LogP contribution in [0.15, 0.2) is 70.7 Å². The van der Waals surface area contributed by atoms with Crippen molar-refractivity contribution >= 4 is 27.9 Å². The maximum absolute atomic E-state index is 13.1. The van der Waals surface area contributed by atoms with Gasteiger partial charge in [0, 0.05) is 31.0 Å². The van der Waals surface area contributed by atoms with Crippen molar-refractivity contribution in [3.8, 4) is 11.4 Å². The van der Waals surface area contributed by atoms with Crippen molar-refractivity contribution < 1.29 is 13.2 Å². The minimum absolute atomic E-state index is 0.269. The van der Waals surface area contributed by atoms with Crippen LogP contribution < -0.4 is 0 Å². The van der Waals surface area contributed by atoms with Gasteiger partial charge >= 0.3 is 0 Å². The quantitative estimate of drug-likeness (QED) is 0.406. The van der Waals surface area contributed by atoms with Gasteiger partial charge < -0.3 is 9.30 Å². The number of benzene rings is 2. The summed E-state index contributed by atoms with van der Waals surface area (Å²) >= 11 is 1.62. The number of hydrogen-bond acceptors (Lipinski definition) is 6. The fourth-order valence-electron chi connectivity index (χ4n) is 3.74. The second kappa shape index (κ2) is 11.3. The molecule has 34 heavy (non-hydrogen) atoms. The highest BCUT2D eigenvalue weighted by molar-refractivity contribution is 7.99. The average molecular weight is 499 g/mol. The van der Waals surface area contributed by atoms with Crippen LogP contribution in [0.4, 0.5) is 0 Å². The van der Waals surface area contributed by atoms with Crippen LogP contribution in [0, 0.1) is 5.92 Å². The van der Waals surface area contributed by atoms with Gasteiger partial charge in [0.25, 0.3) is 0 Å². The van der Waals surface area contributed by atoms with E-state index in [1.165, 1.54) is 4.31 Å². The molecule has 0 saturated carbocycles. The van der Waals surface area contributed by atoms with Crippen molar-refractivity contribution in [3.63, 3.8) is 0 Å². The molecule has 0 radical (unpaired) electrons. The standard InChI is InChI=1S/C25H30N4O3S2/c1-20(2)19-29-24(26-27-25(29)33-17-7-10-21-8-4-3-5-9-21)22-11-6-12-23(18-22)34(30,31)28-13-15-32-16-14-28/h3-12,18,20H,13-17,19H2,1-2H3. The fourth-order valence-corrected chi connectivity index (χ4v) is 5.95. The number of aromatic nitrogens is 3. The Balaban J connectivity index is 1.57. The zero-order chi connectivity index (χ0) is 24.0. The SMILES string of the molecule is CC(C)Cn1c(SCC=Cc2ccccc2)nnc1-c1cccc(S(=O)(=O)N2CCOCC2)c1. The lowest BCUT2D eigenvalue weighted by Crippen LogP contribution is -2.40. The van der Waals surface area contributed by atoms with E-state index in [0.29, 0.717) is 38.0 Å². The summed E-state index contributed by atoms with van der Waals surface area (Å²) in [5, 5.41) is 9.71. The van der Waals surface area contributed by atoms with Crippen molar-refractivity contribution in [1.82, 2.24) is 19.1 Å². The van der Waals surface area contributed by atoms with Gasteiger partial charge in [-0.1, -0.05) is 80.2 Å². The van der Waals surface area contributed by atoms with E-state index in [4.69, 9.17) is 4.74 Å². The maximum atomic E-state index is 13.1. The number of rotatable bonds is 9. The van der Waals surface area contributed by atoms with Crippen molar-refractivity contribution in [2.45, 2.75) is 30.4 Å². The summed E-state index contributed by atoms with van der Waals surface area (Å²) in [6.07, 6.45) is 4.21. The molecule has 0 bridgehead atoms. The Hall–Kier alpha value is -2.46. The molecule has 1 aromatic heterocycles. The average Bonchev–Trinajstić information content (AvgIpc) is 3.24. The molecule has 1 fully saturated rings. The van der Waals surface area contributed by atoms with Crippen molar-refractivity contribution in [3.05, 3.63) is 66.2 Å². The molecule has 9 heteroatoms. The lowest BCUT2D eigenvalue weighted by molar-refractivity contribution is 0.0730. The third-order valence-corrected chi connectivity index (χ3v) is 8.20. The Morgan fingerprint density at radius 1 is 1.06 bits per heavy atom. The molecule has 7 nitrogen and oxygen atoms in total. The van der Waals surface area contributed by atoms with Crippen molar-refractivity contribution in [2.75, 3.05) is 32.1 Å². The molecule has 0 spiro atoms. The van der Waals surface area contributed by atoms with Gasteiger partial charge in [-0.3, -0.25) is 0 Å². The Morgan fingerprint density at radius 2 is 1.82 bits per heavy atom. The van der Waals surface area contributed by atoms with Gasteiger partial charge in [-0.05, 0) is 23.6 Å². The molecule has 0 amide bonds.